The summed E-state index contributed by atoms with van der Waals surface area (Å²) in [5.41, 5.74) is 1.70. The van der Waals surface area contributed by atoms with Gasteiger partial charge in [-0.05, 0) is 29.8 Å². The highest BCUT2D eigenvalue weighted by Crippen LogP contribution is 2.32. The molecule has 0 spiro atoms. The van der Waals surface area contributed by atoms with Gasteiger partial charge in [0.25, 0.3) is 0 Å². The van der Waals surface area contributed by atoms with Crippen LogP contribution in [0, 0.1) is 0 Å². The highest BCUT2D eigenvalue weighted by Gasteiger charge is 2.13. The van der Waals surface area contributed by atoms with Crippen molar-refractivity contribution in [2.45, 2.75) is 13.5 Å². The molecule has 5 heteroatoms. The van der Waals surface area contributed by atoms with E-state index in [1.165, 1.54) is 6.92 Å². The predicted molar refractivity (Wildman–Crippen MR) is 77.6 cm³/mol. The predicted octanol–water partition coefficient (Wildman–Crippen LogP) is 2.95. The topological polar surface area (TPSA) is 56.8 Å². The first kappa shape index (κ1) is 13.3. The molecular formula is C16H15NO4. The van der Waals surface area contributed by atoms with Crippen molar-refractivity contribution >= 4 is 11.6 Å². The zero-order valence-corrected chi connectivity index (χ0v) is 11.6. The molecule has 21 heavy (non-hydrogen) atoms. The number of ether oxygens (including phenoxy) is 3. The monoisotopic (exact) mass is 285 g/mol. The fourth-order valence-electron chi connectivity index (χ4n) is 2.06. The first-order valence-corrected chi connectivity index (χ1v) is 6.60. The van der Waals surface area contributed by atoms with Crippen LogP contribution in [-0.4, -0.2) is 12.7 Å². The molecule has 1 amide bonds. The molecule has 1 heterocycles. The SMILES string of the molecule is CC(=O)Nc1cccc(OCc2ccc3c(c2)OCO3)c1. The third-order valence-corrected chi connectivity index (χ3v) is 3.00. The fraction of sp³-hybridized carbons (Fsp3) is 0.188. The van der Waals surface area contributed by atoms with E-state index < -0.39 is 0 Å². The Morgan fingerprint density at radius 1 is 1.19 bits per heavy atom. The molecule has 108 valence electrons. The molecule has 0 aliphatic carbocycles. The third-order valence-electron chi connectivity index (χ3n) is 3.00. The minimum absolute atomic E-state index is 0.108. The molecule has 0 unspecified atom stereocenters. The Hall–Kier alpha value is -2.69. The second-order valence-corrected chi connectivity index (χ2v) is 4.69. The number of rotatable bonds is 4. The van der Waals surface area contributed by atoms with Gasteiger partial charge in [0, 0.05) is 18.7 Å². The number of carbonyl (C=O) groups is 1. The van der Waals surface area contributed by atoms with Gasteiger partial charge < -0.3 is 19.5 Å². The number of carbonyl (C=O) groups excluding carboxylic acids is 1. The lowest BCUT2D eigenvalue weighted by atomic mass is 10.2. The van der Waals surface area contributed by atoms with Gasteiger partial charge in [0.2, 0.25) is 12.7 Å². The number of anilines is 1. The summed E-state index contributed by atoms with van der Waals surface area (Å²) in [6.45, 7) is 2.15. The Morgan fingerprint density at radius 2 is 2.05 bits per heavy atom. The van der Waals surface area contributed by atoms with E-state index in [0.29, 0.717) is 18.0 Å². The van der Waals surface area contributed by atoms with E-state index in [-0.39, 0.29) is 12.7 Å². The Morgan fingerprint density at radius 3 is 2.90 bits per heavy atom. The zero-order chi connectivity index (χ0) is 14.7. The van der Waals surface area contributed by atoms with E-state index in [9.17, 15) is 4.79 Å². The van der Waals surface area contributed by atoms with Gasteiger partial charge in [0.1, 0.15) is 12.4 Å². The van der Waals surface area contributed by atoms with Crippen LogP contribution in [-0.2, 0) is 11.4 Å². The summed E-state index contributed by atoms with van der Waals surface area (Å²) in [5.74, 6) is 2.08. The molecule has 0 saturated carbocycles. The average Bonchev–Trinajstić information content (AvgIpc) is 2.92. The molecule has 2 aromatic rings. The van der Waals surface area contributed by atoms with Crippen LogP contribution in [0.1, 0.15) is 12.5 Å². The van der Waals surface area contributed by atoms with Crippen molar-refractivity contribution in [3.63, 3.8) is 0 Å². The molecule has 1 N–H and O–H groups in total. The molecule has 0 bridgehead atoms. The van der Waals surface area contributed by atoms with Crippen molar-refractivity contribution in [3.8, 4) is 17.2 Å². The normalized spacial score (nSPS) is 12.0. The second kappa shape index (κ2) is 5.75. The molecule has 0 atom stereocenters. The number of fused-ring (bicyclic) bond motifs is 1. The summed E-state index contributed by atoms with van der Waals surface area (Å²) < 4.78 is 16.3. The Labute approximate surface area is 122 Å². The fourth-order valence-corrected chi connectivity index (χ4v) is 2.06. The molecule has 1 aliphatic heterocycles. The number of hydrogen-bond donors (Lipinski definition) is 1. The number of amides is 1. The van der Waals surface area contributed by atoms with Crippen molar-refractivity contribution < 1.29 is 19.0 Å². The number of benzene rings is 2. The Kier molecular flexibility index (Phi) is 3.64. The van der Waals surface area contributed by atoms with Gasteiger partial charge in [-0.1, -0.05) is 12.1 Å². The van der Waals surface area contributed by atoms with E-state index in [0.717, 1.165) is 17.1 Å². The van der Waals surface area contributed by atoms with Crippen LogP contribution in [0.3, 0.4) is 0 Å². The maximum Gasteiger partial charge on any atom is 0.231 e. The standard InChI is InChI=1S/C16H15NO4/c1-11(18)17-13-3-2-4-14(8-13)19-9-12-5-6-15-16(7-12)21-10-20-15/h2-8H,9-10H2,1H3,(H,17,18). The van der Waals surface area contributed by atoms with E-state index >= 15 is 0 Å². The molecule has 5 nitrogen and oxygen atoms in total. The maximum absolute atomic E-state index is 11.0. The third kappa shape index (κ3) is 3.25. The summed E-state index contributed by atoms with van der Waals surface area (Å²) in [6.07, 6.45) is 0. The van der Waals surface area contributed by atoms with Crippen LogP contribution in [0.4, 0.5) is 5.69 Å². The van der Waals surface area contributed by atoms with Crippen molar-refractivity contribution in [2.24, 2.45) is 0 Å². The summed E-state index contributed by atoms with van der Waals surface area (Å²) >= 11 is 0. The first-order valence-electron chi connectivity index (χ1n) is 6.60. The van der Waals surface area contributed by atoms with Gasteiger partial charge in [-0.15, -0.1) is 0 Å². The van der Waals surface area contributed by atoms with Crippen LogP contribution in [0.25, 0.3) is 0 Å². The number of hydrogen-bond acceptors (Lipinski definition) is 4. The lowest BCUT2D eigenvalue weighted by Gasteiger charge is -2.09. The average molecular weight is 285 g/mol. The van der Waals surface area contributed by atoms with Crippen molar-refractivity contribution in [2.75, 3.05) is 12.1 Å². The van der Waals surface area contributed by atoms with Crippen LogP contribution in [0.5, 0.6) is 17.2 Å². The van der Waals surface area contributed by atoms with E-state index in [4.69, 9.17) is 14.2 Å². The van der Waals surface area contributed by atoms with Gasteiger partial charge in [-0.2, -0.15) is 0 Å². The van der Waals surface area contributed by atoms with E-state index in [1.807, 2.05) is 36.4 Å². The molecule has 0 saturated heterocycles. The van der Waals surface area contributed by atoms with Crippen molar-refractivity contribution in [1.82, 2.24) is 0 Å². The molecule has 0 aromatic heterocycles. The van der Waals surface area contributed by atoms with Crippen molar-refractivity contribution in [3.05, 3.63) is 48.0 Å². The van der Waals surface area contributed by atoms with Gasteiger partial charge in [-0.3, -0.25) is 4.79 Å². The van der Waals surface area contributed by atoms with Gasteiger partial charge >= 0.3 is 0 Å². The van der Waals surface area contributed by atoms with Gasteiger partial charge in [0.15, 0.2) is 11.5 Å². The highest BCUT2D eigenvalue weighted by molar-refractivity contribution is 5.88. The Balaban J connectivity index is 1.66. The van der Waals surface area contributed by atoms with Gasteiger partial charge in [0.05, 0.1) is 0 Å². The van der Waals surface area contributed by atoms with E-state index in [2.05, 4.69) is 5.32 Å². The lowest BCUT2D eigenvalue weighted by Crippen LogP contribution is -2.05. The molecule has 1 aliphatic rings. The first-order chi connectivity index (χ1) is 10.2. The van der Waals surface area contributed by atoms with Crippen LogP contribution in [0.15, 0.2) is 42.5 Å². The summed E-state index contributed by atoms with van der Waals surface area (Å²) in [7, 11) is 0. The van der Waals surface area contributed by atoms with Crippen LogP contribution >= 0.6 is 0 Å². The second-order valence-electron chi connectivity index (χ2n) is 4.69. The zero-order valence-electron chi connectivity index (χ0n) is 11.6. The molecule has 2 aromatic carbocycles. The molecule has 0 fully saturated rings. The van der Waals surface area contributed by atoms with Crippen LogP contribution < -0.4 is 19.5 Å². The minimum atomic E-state index is -0.108. The lowest BCUT2D eigenvalue weighted by molar-refractivity contribution is -0.114. The van der Waals surface area contributed by atoms with Crippen LogP contribution in [0.2, 0.25) is 0 Å². The molecule has 0 radical (unpaired) electrons. The highest BCUT2D eigenvalue weighted by atomic mass is 16.7. The molecular weight excluding hydrogens is 270 g/mol. The van der Waals surface area contributed by atoms with Crippen molar-refractivity contribution in [1.29, 1.82) is 0 Å². The van der Waals surface area contributed by atoms with Gasteiger partial charge in [-0.25, -0.2) is 0 Å². The van der Waals surface area contributed by atoms with E-state index in [1.54, 1.807) is 6.07 Å². The quantitative estimate of drug-likeness (QED) is 0.938. The number of nitrogens with one attached hydrogen (secondary N) is 1. The largest absolute Gasteiger partial charge is 0.489 e. The minimum Gasteiger partial charge on any atom is -0.489 e. The molecule has 3 rings (SSSR count). The Bertz CT molecular complexity index is 669. The smallest absolute Gasteiger partial charge is 0.231 e. The summed E-state index contributed by atoms with van der Waals surface area (Å²) in [6, 6.07) is 13.0. The maximum atomic E-state index is 11.0. The summed E-state index contributed by atoms with van der Waals surface area (Å²) in [5, 5.41) is 2.72. The summed E-state index contributed by atoms with van der Waals surface area (Å²) in [4.78, 5) is 11.0.